The Morgan fingerprint density at radius 1 is 0.590 bits per heavy atom. The Kier molecular flexibility index (Phi) is 5.19. The molecule has 5 aromatic carbocycles. The van der Waals surface area contributed by atoms with Gasteiger partial charge in [0, 0.05) is 22.3 Å². The molecule has 2 heteroatoms. The van der Waals surface area contributed by atoms with Crippen molar-refractivity contribution in [3.63, 3.8) is 0 Å². The van der Waals surface area contributed by atoms with Crippen molar-refractivity contribution in [3.8, 4) is 11.1 Å². The van der Waals surface area contributed by atoms with Gasteiger partial charge in [0.05, 0.1) is 16.7 Å². The van der Waals surface area contributed by atoms with Crippen LogP contribution in [0.5, 0.6) is 0 Å². The van der Waals surface area contributed by atoms with Crippen molar-refractivity contribution in [3.05, 3.63) is 150 Å². The number of benzene rings is 5. The van der Waals surface area contributed by atoms with Gasteiger partial charge in [-0.15, -0.1) is 0 Å². The molecule has 1 aromatic heterocycles. The number of hydrogen-bond donors (Lipinski definition) is 0. The summed E-state index contributed by atoms with van der Waals surface area (Å²) in [5, 5.41) is 5.14. The second kappa shape index (κ2) is 9.03. The van der Waals surface area contributed by atoms with Crippen LogP contribution in [0, 0.1) is 0 Å². The van der Waals surface area contributed by atoms with Gasteiger partial charge in [0.25, 0.3) is 0 Å². The Bertz CT molecular complexity index is 1850. The molecule has 0 fully saturated rings. The van der Waals surface area contributed by atoms with E-state index in [2.05, 4.69) is 143 Å². The van der Waals surface area contributed by atoms with E-state index in [1.54, 1.807) is 0 Å². The summed E-state index contributed by atoms with van der Waals surface area (Å²) in [7, 11) is 0. The summed E-state index contributed by atoms with van der Waals surface area (Å²) in [5.41, 5.74) is 10.4. The summed E-state index contributed by atoms with van der Waals surface area (Å²) in [6, 6.07) is 44.9. The van der Waals surface area contributed by atoms with E-state index in [9.17, 15) is 0 Å². The van der Waals surface area contributed by atoms with Crippen molar-refractivity contribution in [2.24, 2.45) is 0 Å². The number of para-hydroxylation sites is 1. The standard InChI is InChI=1S/C37H30N2/c1-4-12-26(13-5-1)29-20-22-35-32(24-29)33-25-30(27-14-6-2-7-15-27)21-23-36(33)38(35)39-34-19-11-10-18-31(34)37(39)28-16-8-3-9-17-28/h1,3-6,8-14,16-25,27,37H,2,7,15H2. The number of anilines is 1. The van der Waals surface area contributed by atoms with E-state index >= 15 is 0 Å². The summed E-state index contributed by atoms with van der Waals surface area (Å²) < 4.78 is 2.47. The molecule has 0 amide bonds. The van der Waals surface area contributed by atoms with E-state index in [0.717, 1.165) is 0 Å². The normalized spacial score (nSPS) is 18.3. The minimum absolute atomic E-state index is 0.177. The van der Waals surface area contributed by atoms with Crippen LogP contribution in [0.15, 0.2) is 133 Å². The third-order valence-electron chi connectivity index (χ3n) is 8.61. The van der Waals surface area contributed by atoms with Gasteiger partial charge in [0.2, 0.25) is 0 Å². The molecule has 8 rings (SSSR count). The number of hydrogen-bond acceptors (Lipinski definition) is 1. The number of nitrogens with zero attached hydrogens (tertiary/aromatic N) is 2. The molecule has 1 aliphatic heterocycles. The molecule has 1 aliphatic carbocycles. The zero-order valence-electron chi connectivity index (χ0n) is 21.9. The van der Waals surface area contributed by atoms with E-state index in [1.165, 1.54) is 74.6 Å². The first-order valence-electron chi connectivity index (χ1n) is 14.1. The maximum atomic E-state index is 2.50. The summed E-state index contributed by atoms with van der Waals surface area (Å²) >= 11 is 0. The van der Waals surface area contributed by atoms with Crippen molar-refractivity contribution in [2.75, 3.05) is 5.01 Å². The van der Waals surface area contributed by atoms with Gasteiger partial charge in [-0.2, -0.15) is 0 Å². The van der Waals surface area contributed by atoms with Crippen LogP contribution in [0.25, 0.3) is 32.9 Å². The van der Waals surface area contributed by atoms with Gasteiger partial charge in [-0.05, 0) is 71.8 Å². The Labute approximate surface area is 229 Å². The van der Waals surface area contributed by atoms with Gasteiger partial charge in [-0.3, -0.25) is 9.69 Å². The van der Waals surface area contributed by atoms with Gasteiger partial charge >= 0.3 is 0 Å². The third kappa shape index (κ3) is 3.55. The zero-order valence-corrected chi connectivity index (χ0v) is 21.9. The summed E-state index contributed by atoms with van der Waals surface area (Å²) in [4.78, 5) is 0. The molecular formula is C37H30N2. The Morgan fingerprint density at radius 2 is 1.31 bits per heavy atom. The van der Waals surface area contributed by atoms with Gasteiger partial charge in [0.15, 0.2) is 0 Å². The molecule has 188 valence electrons. The number of allylic oxidation sites excluding steroid dienone is 2. The van der Waals surface area contributed by atoms with Crippen molar-refractivity contribution in [1.29, 1.82) is 0 Å². The molecule has 2 unspecified atom stereocenters. The van der Waals surface area contributed by atoms with Crippen molar-refractivity contribution < 1.29 is 0 Å². The van der Waals surface area contributed by atoms with Gasteiger partial charge in [-0.25, -0.2) is 0 Å². The molecular weight excluding hydrogens is 472 g/mol. The molecule has 0 bridgehead atoms. The first kappa shape index (κ1) is 22.4. The van der Waals surface area contributed by atoms with Gasteiger partial charge in [-0.1, -0.05) is 103 Å². The average Bonchev–Trinajstić information content (AvgIpc) is 3.32. The second-order valence-corrected chi connectivity index (χ2v) is 10.9. The molecule has 2 nitrogen and oxygen atoms in total. The largest absolute Gasteiger partial charge is 0.268 e. The van der Waals surface area contributed by atoms with Gasteiger partial charge < -0.3 is 0 Å². The van der Waals surface area contributed by atoms with Crippen LogP contribution in [-0.2, 0) is 0 Å². The highest BCUT2D eigenvalue weighted by Crippen LogP contribution is 2.49. The van der Waals surface area contributed by atoms with E-state index in [-0.39, 0.29) is 6.04 Å². The fourth-order valence-corrected chi connectivity index (χ4v) is 6.69. The predicted octanol–water partition coefficient (Wildman–Crippen LogP) is 9.66. The quantitative estimate of drug-likeness (QED) is 0.218. The molecule has 2 aliphatic rings. The summed E-state index contributed by atoms with van der Waals surface area (Å²) in [6.07, 6.45) is 8.47. The molecule has 0 spiro atoms. The first-order chi connectivity index (χ1) is 19.4. The monoisotopic (exact) mass is 502 g/mol. The second-order valence-electron chi connectivity index (χ2n) is 10.9. The lowest BCUT2D eigenvalue weighted by Crippen LogP contribution is -2.42. The van der Waals surface area contributed by atoms with Crippen LogP contribution in [0.4, 0.5) is 5.69 Å². The molecule has 0 saturated carbocycles. The molecule has 0 N–H and O–H groups in total. The highest BCUT2D eigenvalue weighted by atomic mass is 15.6. The topological polar surface area (TPSA) is 8.17 Å². The Balaban J connectivity index is 1.39. The first-order valence-corrected chi connectivity index (χ1v) is 14.1. The minimum atomic E-state index is 0.177. The van der Waals surface area contributed by atoms with E-state index in [0.29, 0.717) is 5.92 Å². The van der Waals surface area contributed by atoms with Crippen LogP contribution >= 0.6 is 0 Å². The van der Waals surface area contributed by atoms with Crippen molar-refractivity contribution >= 4 is 27.5 Å². The molecule has 2 atom stereocenters. The minimum Gasteiger partial charge on any atom is -0.268 e. The van der Waals surface area contributed by atoms with E-state index in [1.807, 2.05) is 0 Å². The Hall–Kier alpha value is -4.56. The van der Waals surface area contributed by atoms with Crippen LogP contribution in [0.1, 0.15) is 47.9 Å². The molecule has 39 heavy (non-hydrogen) atoms. The smallest absolute Gasteiger partial charge is 0.103 e. The molecule has 0 radical (unpaired) electrons. The lowest BCUT2D eigenvalue weighted by Gasteiger charge is -2.46. The number of rotatable bonds is 4. The van der Waals surface area contributed by atoms with Crippen molar-refractivity contribution in [1.82, 2.24) is 4.68 Å². The summed E-state index contributed by atoms with van der Waals surface area (Å²) in [6.45, 7) is 0. The van der Waals surface area contributed by atoms with E-state index in [4.69, 9.17) is 0 Å². The van der Waals surface area contributed by atoms with Crippen LogP contribution in [0.3, 0.4) is 0 Å². The highest BCUT2D eigenvalue weighted by molar-refractivity contribution is 6.10. The van der Waals surface area contributed by atoms with Crippen LogP contribution in [0.2, 0.25) is 0 Å². The fourth-order valence-electron chi connectivity index (χ4n) is 6.69. The number of aromatic nitrogens is 1. The molecule has 0 saturated heterocycles. The van der Waals surface area contributed by atoms with Crippen molar-refractivity contribution in [2.45, 2.75) is 31.2 Å². The third-order valence-corrected chi connectivity index (χ3v) is 8.61. The van der Waals surface area contributed by atoms with Crippen LogP contribution in [-0.4, -0.2) is 4.68 Å². The molecule has 2 heterocycles. The highest BCUT2D eigenvalue weighted by Gasteiger charge is 2.38. The molecule has 6 aromatic rings. The van der Waals surface area contributed by atoms with Gasteiger partial charge in [0.1, 0.15) is 6.04 Å². The lowest BCUT2D eigenvalue weighted by atomic mass is 9.88. The summed E-state index contributed by atoms with van der Waals surface area (Å²) in [5.74, 6) is 0.501. The Morgan fingerprint density at radius 3 is 2.10 bits per heavy atom. The predicted molar refractivity (Wildman–Crippen MR) is 163 cm³/mol. The zero-order chi connectivity index (χ0) is 25.8. The maximum Gasteiger partial charge on any atom is 0.103 e. The maximum absolute atomic E-state index is 2.50. The van der Waals surface area contributed by atoms with Crippen LogP contribution < -0.4 is 5.01 Å². The van der Waals surface area contributed by atoms with E-state index < -0.39 is 0 Å². The number of fused-ring (bicyclic) bond motifs is 4. The average molecular weight is 503 g/mol. The lowest BCUT2D eigenvalue weighted by molar-refractivity contribution is 0.595. The fraction of sp³-hybridized carbons (Fsp3) is 0.135. The SMILES string of the molecule is C1=CC(c2ccc3c(c2)c2cc(-c4ccccc4)ccc2n3N2c3ccccc3C2c2ccccc2)CCC1.